The number of nitrogens with zero attached hydrogens (tertiary/aromatic N) is 1. The minimum atomic E-state index is -1.03. The molecule has 5 nitrogen and oxygen atoms in total. The lowest BCUT2D eigenvalue weighted by Gasteiger charge is -2.08. The third-order valence-corrected chi connectivity index (χ3v) is 3.75. The predicted octanol–water partition coefficient (Wildman–Crippen LogP) is 3.19. The number of ether oxygens (including phenoxy) is 2. The van der Waals surface area contributed by atoms with Gasteiger partial charge in [-0.05, 0) is 34.1 Å². The van der Waals surface area contributed by atoms with E-state index in [0.29, 0.717) is 11.4 Å². The number of carboxylic acids is 1. The van der Waals surface area contributed by atoms with Crippen molar-refractivity contribution in [3.05, 3.63) is 38.8 Å². The van der Waals surface area contributed by atoms with Crippen LogP contribution in [0.15, 0.2) is 28.1 Å². The van der Waals surface area contributed by atoms with Gasteiger partial charge in [-0.1, -0.05) is 0 Å². The molecule has 2 aromatic rings. The van der Waals surface area contributed by atoms with Gasteiger partial charge in [-0.15, -0.1) is 11.3 Å². The lowest BCUT2D eigenvalue weighted by Crippen LogP contribution is -1.99. The van der Waals surface area contributed by atoms with Crippen LogP contribution >= 0.6 is 27.3 Å². The Morgan fingerprint density at radius 2 is 2.32 bits per heavy atom. The minimum absolute atomic E-state index is 0.0624. The van der Waals surface area contributed by atoms with Gasteiger partial charge >= 0.3 is 5.97 Å². The van der Waals surface area contributed by atoms with Crippen molar-refractivity contribution < 1.29 is 19.4 Å². The molecular weight excluding hydrogens is 334 g/mol. The van der Waals surface area contributed by atoms with Crippen molar-refractivity contribution in [1.29, 1.82) is 0 Å². The molecule has 0 aliphatic carbocycles. The summed E-state index contributed by atoms with van der Waals surface area (Å²) in [5, 5.41) is 10.5. The predicted molar refractivity (Wildman–Crippen MR) is 74.1 cm³/mol. The molecule has 0 saturated heterocycles. The van der Waals surface area contributed by atoms with Crippen LogP contribution in [-0.4, -0.2) is 23.2 Å². The second-order valence-corrected chi connectivity index (χ2v) is 5.25. The summed E-state index contributed by atoms with van der Waals surface area (Å²) in [6.07, 6.45) is 0. The lowest BCUT2D eigenvalue weighted by molar-refractivity contribution is 0.0696. The Morgan fingerprint density at radius 3 is 2.89 bits per heavy atom. The van der Waals surface area contributed by atoms with Gasteiger partial charge in [0.2, 0.25) is 5.01 Å². The summed E-state index contributed by atoms with van der Waals surface area (Å²) >= 11 is 4.45. The smallest absolute Gasteiger partial charge is 0.365 e. The number of thiazole rings is 1. The van der Waals surface area contributed by atoms with Crippen molar-refractivity contribution in [1.82, 2.24) is 4.98 Å². The molecule has 0 aliphatic rings. The summed E-state index contributed by atoms with van der Waals surface area (Å²) in [5.74, 6) is 0.341. The van der Waals surface area contributed by atoms with Crippen LogP contribution in [0.2, 0.25) is 0 Å². The van der Waals surface area contributed by atoms with Crippen molar-refractivity contribution in [2.45, 2.75) is 6.61 Å². The molecule has 1 aromatic carbocycles. The second-order valence-electron chi connectivity index (χ2n) is 3.53. The fourth-order valence-electron chi connectivity index (χ4n) is 1.35. The number of halogens is 1. The zero-order valence-corrected chi connectivity index (χ0v) is 12.3. The van der Waals surface area contributed by atoms with Gasteiger partial charge in [0.05, 0.1) is 17.3 Å². The molecular formula is C12H10BrNO4S. The molecule has 0 amide bonds. The van der Waals surface area contributed by atoms with Gasteiger partial charge in [0.15, 0.2) is 0 Å². The summed E-state index contributed by atoms with van der Waals surface area (Å²) < 4.78 is 11.4. The molecule has 1 heterocycles. The first-order valence-corrected chi connectivity index (χ1v) is 6.91. The van der Waals surface area contributed by atoms with Crippen LogP contribution in [-0.2, 0) is 6.61 Å². The van der Waals surface area contributed by atoms with E-state index in [9.17, 15) is 4.79 Å². The molecule has 0 spiro atoms. The van der Waals surface area contributed by atoms with E-state index in [4.69, 9.17) is 14.6 Å². The molecule has 0 bridgehead atoms. The number of aromatic nitrogens is 1. The van der Waals surface area contributed by atoms with Gasteiger partial charge in [0, 0.05) is 5.38 Å². The van der Waals surface area contributed by atoms with Crippen molar-refractivity contribution in [2.75, 3.05) is 7.11 Å². The number of carboxylic acid groups (broad SMARTS) is 1. The first kappa shape index (κ1) is 13.8. The number of methoxy groups -OCH3 is 1. The fourth-order valence-corrected chi connectivity index (χ4v) is 2.46. The minimum Gasteiger partial charge on any atom is -0.497 e. The van der Waals surface area contributed by atoms with Gasteiger partial charge in [-0.25, -0.2) is 9.78 Å². The summed E-state index contributed by atoms with van der Waals surface area (Å²) in [7, 11) is 1.59. The average Bonchev–Trinajstić information content (AvgIpc) is 2.86. The van der Waals surface area contributed by atoms with Gasteiger partial charge in [0.25, 0.3) is 0 Å². The third kappa shape index (κ3) is 3.45. The van der Waals surface area contributed by atoms with Gasteiger partial charge in [0.1, 0.15) is 18.1 Å². The Bertz CT molecular complexity index is 599. The van der Waals surface area contributed by atoms with E-state index in [2.05, 4.69) is 20.9 Å². The van der Waals surface area contributed by atoms with E-state index in [1.807, 2.05) is 0 Å². The summed E-state index contributed by atoms with van der Waals surface area (Å²) in [4.78, 5) is 14.6. The van der Waals surface area contributed by atoms with Crippen LogP contribution in [0.5, 0.6) is 11.5 Å². The molecule has 100 valence electrons. The molecule has 0 fully saturated rings. The van der Waals surface area contributed by atoms with Crippen molar-refractivity contribution >= 4 is 33.2 Å². The standard InChI is InChI=1S/C12H10BrNO4S/c1-17-8-2-3-10(9(13)4-8)18-5-7-6-19-11(14-7)12(15)16/h2-4,6H,5H2,1H3,(H,15,16). The van der Waals surface area contributed by atoms with Crippen molar-refractivity contribution in [3.8, 4) is 11.5 Å². The quantitative estimate of drug-likeness (QED) is 0.902. The molecule has 0 aliphatic heterocycles. The summed E-state index contributed by atoms with van der Waals surface area (Å²) in [5.41, 5.74) is 0.588. The number of benzene rings is 1. The third-order valence-electron chi connectivity index (χ3n) is 2.25. The van der Waals surface area contributed by atoms with Gasteiger partial charge < -0.3 is 14.6 Å². The van der Waals surface area contributed by atoms with Gasteiger partial charge in [-0.2, -0.15) is 0 Å². The molecule has 0 saturated carbocycles. The lowest BCUT2D eigenvalue weighted by atomic mass is 10.3. The van der Waals surface area contributed by atoms with Crippen LogP contribution < -0.4 is 9.47 Å². The molecule has 0 unspecified atom stereocenters. The number of hydrogen-bond acceptors (Lipinski definition) is 5. The van der Waals surface area contributed by atoms with Crippen LogP contribution in [0.25, 0.3) is 0 Å². The molecule has 0 radical (unpaired) electrons. The van der Waals surface area contributed by atoms with Crippen LogP contribution in [0.3, 0.4) is 0 Å². The van der Waals surface area contributed by atoms with E-state index >= 15 is 0 Å². The zero-order chi connectivity index (χ0) is 13.8. The average molecular weight is 344 g/mol. The summed E-state index contributed by atoms with van der Waals surface area (Å²) in [6, 6.07) is 5.34. The maximum Gasteiger partial charge on any atom is 0.365 e. The molecule has 0 atom stereocenters. The van der Waals surface area contributed by atoms with Crippen molar-refractivity contribution in [2.24, 2.45) is 0 Å². The largest absolute Gasteiger partial charge is 0.497 e. The highest BCUT2D eigenvalue weighted by Gasteiger charge is 2.10. The SMILES string of the molecule is COc1ccc(OCc2csc(C(=O)O)n2)c(Br)c1. The summed E-state index contributed by atoms with van der Waals surface area (Å²) in [6.45, 7) is 0.217. The maximum atomic E-state index is 10.7. The molecule has 7 heteroatoms. The number of aromatic carboxylic acids is 1. The Balaban J connectivity index is 2.03. The van der Waals surface area contributed by atoms with E-state index in [-0.39, 0.29) is 11.6 Å². The van der Waals surface area contributed by atoms with E-state index in [0.717, 1.165) is 21.6 Å². The molecule has 1 aromatic heterocycles. The topological polar surface area (TPSA) is 68.7 Å². The van der Waals surface area contributed by atoms with E-state index < -0.39 is 5.97 Å². The van der Waals surface area contributed by atoms with Gasteiger partial charge in [-0.3, -0.25) is 0 Å². The monoisotopic (exact) mass is 343 g/mol. The number of rotatable bonds is 5. The second kappa shape index (κ2) is 6.03. The van der Waals surface area contributed by atoms with Crippen LogP contribution in [0.4, 0.5) is 0 Å². The molecule has 19 heavy (non-hydrogen) atoms. The highest BCUT2D eigenvalue weighted by Crippen LogP contribution is 2.29. The Hall–Kier alpha value is -1.60. The number of carbonyl (C=O) groups is 1. The van der Waals surface area contributed by atoms with E-state index in [1.54, 1.807) is 30.7 Å². The highest BCUT2D eigenvalue weighted by atomic mass is 79.9. The Labute approximate surface area is 121 Å². The Kier molecular flexibility index (Phi) is 4.39. The normalized spacial score (nSPS) is 10.2. The zero-order valence-electron chi connectivity index (χ0n) is 9.92. The number of hydrogen-bond donors (Lipinski definition) is 1. The maximum absolute atomic E-state index is 10.7. The fraction of sp³-hybridized carbons (Fsp3) is 0.167. The molecule has 2 rings (SSSR count). The first-order valence-electron chi connectivity index (χ1n) is 5.24. The Morgan fingerprint density at radius 1 is 1.53 bits per heavy atom. The van der Waals surface area contributed by atoms with Crippen LogP contribution in [0.1, 0.15) is 15.5 Å². The first-order chi connectivity index (χ1) is 9.10. The highest BCUT2D eigenvalue weighted by molar-refractivity contribution is 9.10. The molecule has 1 N–H and O–H groups in total. The van der Waals surface area contributed by atoms with E-state index in [1.165, 1.54) is 0 Å². The van der Waals surface area contributed by atoms with Crippen molar-refractivity contribution in [3.63, 3.8) is 0 Å². The van der Waals surface area contributed by atoms with Crippen LogP contribution in [0, 0.1) is 0 Å².